The van der Waals surface area contributed by atoms with Crippen LogP contribution in [0.2, 0.25) is 0 Å². The van der Waals surface area contributed by atoms with Crippen molar-refractivity contribution in [1.29, 1.82) is 0 Å². The Kier molecular flexibility index (Phi) is 2.84. The van der Waals surface area contributed by atoms with E-state index in [2.05, 4.69) is 4.90 Å². The van der Waals surface area contributed by atoms with Gasteiger partial charge in [0.15, 0.2) is 0 Å². The van der Waals surface area contributed by atoms with Crippen LogP contribution < -0.4 is 0 Å². The molecule has 0 aromatic carbocycles. The van der Waals surface area contributed by atoms with Crippen molar-refractivity contribution in [2.45, 2.75) is 25.4 Å². The molecule has 2 unspecified atom stereocenters. The largest absolute Gasteiger partial charge is 0.389 e. The van der Waals surface area contributed by atoms with Crippen LogP contribution >= 0.6 is 0 Å². The number of hydrogen-bond donors (Lipinski definition) is 1. The molecule has 0 aromatic heterocycles. The number of β-amino-alcohol motifs (C(OH)–C–C–N with tert-alkyl or cyclic N) is 1. The van der Waals surface area contributed by atoms with Crippen molar-refractivity contribution in [3.05, 3.63) is 0 Å². The minimum atomic E-state index is -0.766. The number of alkyl halides is 1. The third kappa shape index (κ3) is 2.41. The second kappa shape index (κ2) is 3.93. The van der Waals surface area contributed by atoms with E-state index in [4.69, 9.17) is 5.11 Å². The van der Waals surface area contributed by atoms with E-state index in [0.717, 1.165) is 24.9 Å². The molecule has 1 saturated carbocycles. The highest BCUT2D eigenvalue weighted by Gasteiger charge is 2.35. The lowest BCUT2D eigenvalue weighted by Crippen LogP contribution is -2.31. The average Bonchev–Trinajstić information content (AvgIpc) is 2.88. The molecule has 76 valence electrons. The highest BCUT2D eigenvalue weighted by Crippen LogP contribution is 2.41. The summed E-state index contributed by atoms with van der Waals surface area (Å²) in [5, 5.41) is 9.14. The molecule has 0 amide bonds. The molecule has 1 heterocycles. The highest BCUT2D eigenvalue weighted by molar-refractivity contribution is 4.88. The molecule has 0 spiro atoms. The zero-order valence-corrected chi connectivity index (χ0v) is 7.95. The Balaban J connectivity index is 1.71. The van der Waals surface area contributed by atoms with E-state index in [1.807, 2.05) is 0 Å². The number of aliphatic hydroxyl groups excluding tert-OH is 1. The van der Waals surface area contributed by atoms with Gasteiger partial charge >= 0.3 is 0 Å². The lowest BCUT2D eigenvalue weighted by Gasteiger charge is -2.18. The number of nitrogens with zero attached hydrogens (tertiary/aromatic N) is 1. The van der Waals surface area contributed by atoms with Crippen LogP contribution in [0.3, 0.4) is 0 Å². The number of rotatable bonds is 4. The molecule has 0 bridgehead atoms. The van der Waals surface area contributed by atoms with Crippen LogP contribution in [-0.2, 0) is 0 Å². The maximum Gasteiger partial charge on any atom is 0.117 e. The van der Waals surface area contributed by atoms with E-state index >= 15 is 0 Å². The van der Waals surface area contributed by atoms with Crippen molar-refractivity contribution in [3.63, 3.8) is 0 Å². The fourth-order valence-electron chi connectivity index (χ4n) is 2.33. The summed E-state index contributed by atoms with van der Waals surface area (Å²) in [5.74, 6) is 1.79. The number of hydrogen-bond acceptors (Lipinski definition) is 2. The van der Waals surface area contributed by atoms with E-state index in [0.29, 0.717) is 6.54 Å². The van der Waals surface area contributed by atoms with Gasteiger partial charge in [-0.2, -0.15) is 0 Å². The van der Waals surface area contributed by atoms with Gasteiger partial charge in [0, 0.05) is 13.1 Å². The van der Waals surface area contributed by atoms with Crippen LogP contribution in [0.25, 0.3) is 0 Å². The Hall–Kier alpha value is -0.150. The first-order valence-electron chi connectivity index (χ1n) is 5.26. The first-order chi connectivity index (χ1) is 6.29. The minimum Gasteiger partial charge on any atom is -0.389 e. The first kappa shape index (κ1) is 9.41. The van der Waals surface area contributed by atoms with Crippen LogP contribution in [0.15, 0.2) is 0 Å². The fourth-order valence-corrected chi connectivity index (χ4v) is 2.33. The molecule has 2 nitrogen and oxygen atoms in total. The molecule has 3 heteroatoms. The van der Waals surface area contributed by atoms with Gasteiger partial charge in [-0.25, -0.2) is 4.39 Å². The molecular formula is C10H18FNO. The smallest absolute Gasteiger partial charge is 0.117 e. The molecule has 1 saturated heterocycles. The first-order valence-corrected chi connectivity index (χ1v) is 5.26. The van der Waals surface area contributed by atoms with Crippen LogP contribution in [0.1, 0.15) is 19.3 Å². The molecule has 1 aliphatic heterocycles. The molecule has 13 heavy (non-hydrogen) atoms. The fraction of sp³-hybridized carbons (Fsp3) is 1.00. The SMILES string of the molecule is OC(CF)CN1CCC(C2CC2)C1. The molecular weight excluding hydrogens is 169 g/mol. The van der Waals surface area contributed by atoms with Crippen molar-refractivity contribution in [2.75, 3.05) is 26.3 Å². The second-order valence-corrected chi connectivity index (χ2v) is 4.45. The van der Waals surface area contributed by atoms with Gasteiger partial charge in [0.1, 0.15) is 6.67 Å². The van der Waals surface area contributed by atoms with E-state index in [9.17, 15) is 4.39 Å². The van der Waals surface area contributed by atoms with Gasteiger partial charge in [0.2, 0.25) is 0 Å². The standard InChI is InChI=1S/C10H18FNO/c11-5-10(13)7-12-4-3-9(6-12)8-1-2-8/h8-10,13H,1-7H2. The summed E-state index contributed by atoms with van der Waals surface area (Å²) >= 11 is 0. The Labute approximate surface area is 78.7 Å². The maximum atomic E-state index is 12.0. The van der Waals surface area contributed by atoms with Gasteiger partial charge < -0.3 is 10.0 Å². The Morgan fingerprint density at radius 3 is 2.69 bits per heavy atom. The van der Waals surface area contributed by atoms with E-state index in [1.165, 1.54) is 19.3 Å². The minimum absolute atomic E-state index is 0.528. The summed E-state index contributed by atoms with van der Waals surface area (Å²) in [6.07, 6.45) is 3.27. The lowest BCUT2D eigenvalue weighted by molar-refractivity contribution is 0.0976. The molecule has 2 aliphatic rings. The average molecular weight is 187 g/mol. The molecule has 2 fully saturated rings. The Morgan fingerprint density at radius 1 is 1.31 bits per heavy atom. The third-order valence-corrected chi connectivity index (χ3v) is 3.24. The maximum absolute atomic E-state index is 12.0. The van der Waals surface area contributed by atoms with Gasteiger partial charge in [-0.3, -0.25) is 0 Å². The number of halogens is 1. The molecule has 0 radical (unpaired) electrons. The normalized spacial score (nSPS) is 32.3. The summed E-state index contributed by atoms with van der Waals surface area (Å²) in [6.45, 7) is 2.06. The summed E-state index contributed by atoms with van der Waals surface area (Å²) in [5.41, 5.74) is 0. The van der Waals surface area contributed by atoms with Gasteiger partial charge in [-0.15, -0.1) is 0 Å². The highest BCUT2D eigenvalue weighted by atomic mass is 19.1. The number of aliphatic hydroxyl groups is 1. The van der Waals surface area contributed by atoms with Gasteiger partial charge in [0.05, 0.1) is 6.10 Å². The van der Waals surface area contributed by atoms with Gasteiger partial charge in [0.25, 0.3) is 0 Å². The molecule has 0 aromatic rings. The molecule has 1 N–H and O–H groups in total. The van der Waals surface area contributed by atoms with E-state index in [-0.39, 0.29) is 0 Å². The zero-order valence-electron chi connectivity index (χ0n) is 7.95. The molecule has 2 rings (SSSR count). The third-order valence-electron chi connectivity index (χ3n) is 3.24. The van der Waals surface area contributed by atoms with Crippen molar-refractivity contribution in [3.8, 4) is 0 Å². The van der Waals surface area contributed by atoms with Crippen molar-refractivity contribution >= 4 is 0 Å². The van der Waals surface area contributed by atoms with Crippen LogP contribution in [0.5, 0.6) is 0 Å². The monoisotopic (exact) mass is 187 g/mol. The zero-order chi connectivity index (χ0) is 9.26. The van der Waals surface area contributed by atoms with Crippen LogP contribution in [0, 0.1) is 11.8 Å². The summed E-state index contributed by atoms with van der Waals surface area (Å²) in [4.78, 5) is 2.20. The summed E-state index contributed by atoms with van der Waals surface area (Å²) < 4.78 is 12.0. The Bertz CT molecular complexity index is 172. The van der Waals surface area contributed by atoms with Crippen LogP contribution in [-0.4, -0.2) is 42.4 Å². The number of likely N-dealkylation sites (tertiary alicyclic amines) is 1. The van der Waals surface area contributed by atoms with Crippen molar-refractivity contribution in [1.82, 2.24) is 4.90 Å². The molecule has 2 atom stereocenters. The predicted molar refractivity (Wildman–Crippen MR) is 49.3 cm³/mol. The van der Waals surface area contributed by atoms with Crippen LogP contribution in [0.4, 0.5) is 4.39 Å². The second-order valence-electron chi connectivity index (χ2n) is 4.45. The summed E-state index contributed by atoms with van der Waals surface area (Å²) in [6, 6.07) is 0. The summed E-state index contributed by atoms with van der Waals surface area (Å²) in [7, 11) is 0. The van der Waals surface area contributed by atoms with Gasteiger partial charge in [-0.1, -0.05) is 0 Å². The Morgan fingerprint density at radius 2 is 2.08 bits per heavy atom. The topological polar surface area (TPSA) is 23.5 Å². The predicted octanol–water partition coefficient (Wildman–Crippen LogP) is 1.05. The lowest BCUT2D eigenvalue weighted by atomic mass is 10.0. The van der Waals surface area contributed by atoms with Crippen molar-refractivity contribution in [2.24, 2.45) is 11.8 Å². The quantitative estimate of drug-likeness (QED) is 0.711. The molecule has 1 aliphatic carbocycles. The van der Waals surface area contributed by atoms with E-state index < -0.39 is 12.8 Å². The van der Waals surface area contributed by atoms with E-state index in [1.54, 1.807) is 0 Å². The van der Waals surface area contributed by atoms with Crippen molar-refractivity contribution < 1.29 is 9.50 Å². The van der Waals surface area contributed by atoms with Gasteiger partial charge in [-0.05, 0) is 37.6 Å².